The predicted molar refractivity (Wildman–Crippen MR) is 57.5 cm³/mol. The lowest BCUT2D eigenvalue weighted by molar-refractivity contribution is 0.00973. The number of ether oxygens (including phenoxy) is 1. The van der Waals surface area contributed by atoms with Crippen molar-refractivity contribution in [2.24, 2.45) is 0 Å². The molecule has 2 heterocycles. The van der Waals surface area contributed by atoms with Crippen LogP contribution < -0.4 is 0 Å². The van der Waals surface area contributed by atoms with Crippen LogP contribution in [0.15, 0.2) is 23.0 Å². The summed E-state index contributed by atoms with van der Waals surface area (Å²) in [5, 5.41) is 3.78. The predicted octanol–water partition coefficient (Wildman–Crippen LogP) is 2.15. The maximum Gasteiger partial charge on any atom is 0.261 e. The zero-order valence-corrected chi connectivity index (χ0v) is 9.77. The third kappa shape index (κ3) is 2.16. The number of nitrogens with zero attached hydrogens (tertiary/aromatic N) is 3. The molecular formula is C11H12FN3O2. The van der Waals surface area contributed by atoms with Crippen LogP contribution in [0.5, 0.6) is 0 Å². The minimum Gasteiger partial charge on any atom is -0.371 e. The fourth-order valence-electron chi connectivity index (χ4n) is 1.22. The van der Waals surface area contributed by atoms with Gasteiger partial charge in [-0.05, 0) is 19.9 Å². The second-order valence-corrected chi connectivity index (χ2v) is 3.99. The monoisotopic (exact) mass is 237 g/mol. The van der Waals surface area contributed by atoms with Crippen molar-refractivity contribution in [1.82, 2.24) is 15.1 Å². The third-order valence-electron chi connectivity index (χ3n) is 2.48. The van der Waals surface area contributed by atoms with E-state index in [4.69, 9.17) is 9.26 Å². The van der Waals surface area contributed by atoms with E-state index in [1.807, 2.05) is 0 Å². The molecular weight excluding hydrogens is 225 g/mol. The molecule has 2 rings (SSSR count). The number of pyridine rings is 1. The molecule has 0 aliphatic rings. The van der Waals surface area contributed by atoms with Crippen molar-refractivity contribution in [3.8, 4) is 11.5 Å². The first-order chi connectivity index (χ1) is 8.04. The first-order valence-electron chi connectivity index (χ1n) is 5.04. The smallest absolute Gasteiger partial charge is 0.261 e. The van der Waals surface area contributed by atoms with Gasteiger partial charge in [-0.25, -0.2) is 4.39 Å². The molecule has 0 aliphatic heterocycles. The van der Waals surface area contributed by atoms with Gasteiger partial charge in [0, 0.05) is 13.3 Å². The van der Waals surface area contributed by atoms with Gasteiger partial charge in [0.15, 0.2) is 5.82 Å². The highest BCUT2D eigenvalue weighted by molar-refractivity contribution is 5.52. The SMILES string of the molecule is COC(C)(C)c1noc(-c2ccncc2F)n1. The molecule has 0 aliphatic carbocycles. The minimum absolute atomic E-state index is 0.116. The molecule has 2 aromatic heterocycles. The molecule has 0 amide bonds. The number of hydrogen-bond acceptors (Lipinski definition) is 5. The van der Waals surface area contributed by atoms with Crippen molar-refractivity contribution in [3.05, 3.63) is 30.1 Å². The minimum atomic E-state index is -0.675. The summed E-state index contributed by atoms with van der Waals surface area (Å²) in [7, 11) is 1.54. The fraction of sp³-hybridized carbons (Fsp3) is 0.364. The summed E-state index contributed by atoms with van der Waals surface area (Å²) in [6, 6.07) is 1.48. The molecule has 0 fully saturated rings. The molecule has 17 heavy (non-hydrogen) atoms. The van der Waals surface area contributed by atoms with Crippen LogP contribution in [0, 0.1) is 5.82 Å². The van der Waals surface area contributed by atoms with Crippen LogP contribution in [0.2, 0.25) is 0 Å². The lowest BCUT2D eigenvalue weighted by Crippen LogP contribution is -2.21. The van der Waals surface area contributed by atoms with Crippen molar-refractivity contribution >= 4 is 0 Å². The van der Waals surface area contributed by atoms with Crippen molar-refractivity contribution in [1.29, 1.82) is 0 Å². The zero-order valence-electron chi connectivity index (χ0n) is 9.77. The van der Waals surface area contributed by atoms with Crippen LogP contribution in [0.25, 0.3) is 11.5 Å². The van der Waals surface area contributed by atoms with Crippen LogP contribution >= 0.6 is 0 Å². The van der Waals surface area contributed by atoms with Gasteiger partial charge in [-0.2, -0.15) is 4.98 Å². The highest BCUT2D eigenvalue weighted by atomic mass is 19.1. The number of rotatable bonds is 3. The molecule has 0 N–H and O–H groups in total. The maximum atomic E-state index is 13.4. The molecule has 90 valence electrons. The van der Waals surface area contributed by atoms with E-state index in [1.165, 1.54) is 12.3 Å². The van der Waals surface area contributed by atoms with Crippen molar-refractivity contribution in [2.45, 2.75) is 19.4 Å². The zero-order chi connectivity index (χ0) is 12.5. The van der Waals surface area contributed by atoms with Gasteiger partial charge in [-0.15, -0.1) is 0 Å². The van der Waals surface area contributed by atoms with Crippen molar-refractivity contribution in [2.75, 3.05) is 7.11 Å². The highest BCUT2D eigenvalue weighted by Gasteiger charge is 2.27. The van der Waals surface area contributed by atoms with Crippen LogP contribution in [0.1, 0.15) is 19.7 Å². The van der Waals surface area contributed by atoms with E-state index in [-0.39, 0.29) is 11.5 Å². The molecule has 6 heteroatoms. The van der Waals surface area contributed by atoms with Crippen molar-refractivity contribution < 1.29 is 13.7 Å². The van der Waals surface area contributed by atoms with Gasteiger partial charge in [0.05, 0.1) is 11.8 Å². The van der Waals surface area contributed by atoms with E-state index in [9.17, 15) is 4.39 Å². The topological polar surface area (TPSA) is 61.0 Å². The molecule has 0 unspecified atom stereocenters. The molecule has 0 radical (unpaired) electrons. The first kappa shape index (κ1) is 11.7. The number of methoxy groups -OCH3 is 1. The Hall–Kier alpha value is -1.82. The number of aromatic nitrogens is 3. The van der Waals surface area contributed by atoms with E-state index in [0.29, 0.717) is 5.82 Å². The van der Waals surface area contributed by atoms with Gasteiger partial charge in [0.2, 0.25) is 5.82 Å². The number of hydrogen-bond donors (Lipinski definition) is 0. The Labute approximate surface area is 97.6 Å². The Morgan fingerprint density at radius 1 is 1.41 bits per heavy atom. The molecule has 0 saturated heterocycles. The average Bonchev–Trinajstić information content (AvgIpc) is 2.79. The molecule has 0 spiro atoms. The highest BCUT2D eigenvalue weighted by Crippen LogP contribution is 2.25. The molecule has 2 aromatic rings. The number of halogens is 1. The lowest BCUT2D eigenvalue weighted by Gasteiger charge is -2.17. The Balaban J connectivity index is 2.40. The summed E-state index contributed by atoms with van der Waals surface area (Å²) in [6.07, 6.45) is 2.56. The second kappa shape index (κ2) is 4.21. The molecule has 5 nitrogen and oxygen atoms in total. The molecule has 0 aromatic carbocycles. The summed E-state index contributed by atoms with van der Waals surface area (Å²) in [6.45, 7) is 3.59. The maximum absolute atomic E-state index is 13.4. The Bertz CT molecular complexity index is 525. The van der Waals surface area contributed by atoms with E-state index >= 15 is 0 Å². The Kier molecular flexibility index (Phi) is 2.89. The molecule has 0 bridgehead atoms. The first-order valence-corrected chi connectivity index (χ1v) is 5.04. The molecule has 0 saturated carbocycles. The lowest BCUT2D eigenvalue weighted by atomic mass is 10.1. The second-order valence-electron chi connectivity index (χ2n) is 3.99. The summed E-state index contributed by atoms with van der Waals surface area (Å²) in [5.74, 6) is -0.0193. The largest absolute Gasteiger partial charge is 0.371 e. The van der Waals surface area contributed by atoms with Crippen molar-refractivity contribution in [3.63, 3.8) is 0 Å². The van der Waals surface area contributed by atoms with Crippen LogP contribution in [0.4, 0.5) is 4.39 Å². The Morgan fingerprint density at radius 3 is 2.82 bits per heavy atom. The van der Waals surface area contributed by atoms with Gasteiger partial charge in [0.1, 0.15) is 5.60 Å². The average molecular weight is 237 g/mol. The van der Waals surface area contributed by atoms with Crippen LogP contribution in [0.3, 0.4) is 0 Å². The summed E-state index contributed by atoms with van der Waals surface area (Å²) in [5.41, 5.74) is -0.448. The fourth-order valence-corrected chi connectivity index (χ4v) is 1.22. The summed E-state index contributed by atoms with van der Waals surface area (Å²) < 4.78 is 23.7. The Morgan fingerprint density at radius 2 is 2.18 bits per heavy atom. The van der Waals surface area contributed by atoms with E-state index in [0.717, 1.165) is 6.20 Å². The van der Waals surface area contributed by atoms with Gasteiger partial charge in [0.25, 0.3) is 5.89 Å². The third-order valence-corrected chi connectivity index (χ3v) is 2.48. The standard InChI is InChI=1S/C11H12FN3O2/c1-11(2,16-3)10-14-9(17-15-10)7-4-5-13-6-8(7)12/h4-6H,1-3H3. The normalized spacial score (nSPS) is 11.8. The van der Waals surface area contributed by atoms with E-state index in [1.54, 1.807) is 21.0 Å². The quantitative estimate of drug-likeness (QED) is 0.818. The van der Waals surface area contributed by atoms with Gasteiger partial charge < -0.3 is 9.26 Å². The van der Waals surface area contributed by atoms with Gasteiger partial charge in [-0.1, -0.05) is 5.16 Å². The summed E-state index contributed by atoms with van der Waals surface area (Å²) in [4.78, 5) is 7.77. The van der Waals surface area contributed by atoms with Gasteiger partial charge in [-0.3, -0.25) is 4.98 Å². The van der Waals surface area contributed by atoms with E-state index in [2.05, 4.69) is 15.1 Å². The summed E-state index contributed by atoms with van der Waals surface area (Å²) >= 11 is 0. The van der Waals surface area contributed by atoms with Crippen LogP contribution in [-0.2, 0) is 10.3 Å². The van der Waals surface area contributed by atoms with E-state index < -0.39 is 11.4 Å². The molecule has 0 atom stereocenters. The van der Waals surface area contributed by atoms with Crippen LogP contribution in [-0.4, -0.2) is 22.2 Å². The van der Waals surface area contributed by atoms with Gasteiger partial charge >= 0.3 is 0 Å².